The minimum atomic E-state index is -0.470. The number of para-hydroxylation sites is 1. The molecule has 0 radical (unpaired) electrons. The Bertz CT molecular complexity index is 1120. The summed E-state index contributed by atoms with van der Waals surface area (Å²) < 4.78 is 0. The van der Waals surface area contributed by atoms with E-state index in [-0.39, 0.29) is 23.9 Å². The first-order valence-electron chi connectivity index (χ1n) is 11.3. The molecule has 3 heterocycles. The number of amides is 1. The third-order valence-electron chi connectivity index (χ3n) is 7.49. The van der Waals surface area contributed by atoms with Crippen LogP contribution >= 0.6 is 0 Å². The van der Waals surface area contributed by atoms with Gasteiger partial charge in [-0.2, -0.15) is 0 Å². The summed E-state index contributed by atoms with van der Waals surface area (Å²) in [6.07, 6.45) is 1.37. The number of piperidine rings is 1. The summed E-state index contributed by atoms with van der Waals surface area (Å²) in [6, 6.07) is 16.5. The van der Waals surface area contributed by atoms with Crippen LogP contribution in [0.2, 0.25) is 0 Å². The van der Waals surface area contributed by atoms with Gasteiger partial charge in [-0.25, -0.2) is 0 Å². The van der Waals surface area contributed by atoms with Crippen LogP contribution in [0, 0.1) is 12.8 Å². The van der Waals surface area contributed by atoms with Crippen molar-refractivity contribution in [2.45, 2.75) is 44.9 Å². The predicted octanol–water partition coefficient (Wildman–Crippen LogP) is 3.92. The molecule has 4 atom stereocenters. The van der Waals surface area contributed by atoms with Gasteiger partial charge in [0.05, 0.1) is 12.1 Å². The molecule has 0 spiro atoms. The van der Waals surface area contributed by atoms with E-state index in [0.717, 1.165) is 37.1 Å². The van der Waals surface area contributed by atoms with Crippen LogP contribution in [0.4, 0.5) is 0 Å². The van der Waals surface area contributed by atoms with Gasteiger partial charge in [-0.3, -0.25) is 9.69 Å². The number of aliphatic hydroxyl groups excluding tert-OH is 1. The maximum atomic E-state index is 13.4. The molecule has 2 aliphatic rings. The van der Waals surface area contributed by atoms with E-state index < -0.39 is 6.10 Å². The highest BCUT2D eigenvalue weighted by Crippen LogP contribution is 2.42. The number of rotatable bonds is 3. The summed E-state index contributed by atoms with van der Waals surface area (Å²) >= 11 is 0. The standard InChI is InChI=1S/C26H31N3O2/c1-16-8-4-5-9-18(16)26(31)28(3)23-14-24-25-20(19-10-6-7-11-22(19)27-25)12-13-29(24)15-21(23)17(2)30/h4-11,17,21,23-24,27,30H,12-15H2,1-3H3/t17-,21-,23-,24-/m0/s1. The second-order valence-corrected chi connectivity index (χ2v) is 9.26. The molecule has 0 bridgehead atoms. The number of aryl methyl sites for hydroxylation is 1. The highest BCUT2D eigenvalue weighted by Gasteiger charge is 2.44. The number of nitrogens with zero attached hydrogens (tertiary/aromatic N) is 2. The van der Waals surface area contributed by atoms with Gasteiger partial charge in [-0.05, 0) is 49.9 Å². The first-order chi connectivity index (χ1) is 15.0. The normalized spacial score (nSPS) is 24.5. The van der Waals surface area contributed by atoms with Gasteiger partial charge >= 0.3 is 0 Å². The summed E-state index contributed by atoms with van der Waals surface area (Å²) in [7, 11) is 1.90. The predicted molar refractivity (Wildman–Crippen MR) is 123 cm³/mol. The van der Waals surface area contributed by atoms with E-state index in [1.54, 1.807) is 0 Å². The van der Waals surface area contributed by atoms with Crippen LogP contribution in [0.1, 0.15) is 46.6 Å². The van der Waals surface area contributed by atoms with Crippen LogP contribution in [0.15, 0.2) is 48.5 Å². The SMILES string of the molecule is Cc1ccccc1C(=O)N(C)[C@H]1C[C@H]2c3[nH]c4ccccc4c3CCN2C[C@H]1[C@H](C)O. The van der Waals surface area contributed by atoms with Gasteiger partial charge in [-0.15, -0.1) is 0 Å². The fourth-order valence-electron chi connectivity index (χ4n) is 5.72. The van der Waals surface area contributed by atoms with E-state index in [4.69, 9.17) is 0 Å². The van der Waals surface area contributed by atoms with Gasteiger partial charge in [0.1, 0.15) is 0 Å². The highest BCUT2D eigenvalue weighted by atomic mass is 16.3. The van der Waals surface area contributed by atoms with Gasteiger partial charge in [0.2, 0.25) is 0 Å². The number of H-pyrrole nitrogens is 1. The molecule has 1 saturated heterocycles. The van der Waals surface area contributed by atoms with Crippen LogP contribution in [-0.2, 0) is 6.42 Å². The Morgan fingerprint density at radius 2 is 1.94 bits per heavy atom. The lowest BCUT2D eigenvalue weighted by Crippen LogP contribution is -2.56. The Balaban J connectivity index is 1.50. The summed E-state index contributed by atoms with van der Waals surface area (Å²) in [5, 5.41) is 11.9. The maximum Gasteiger partial charge on any atom is 0.254 e. The number of aliphatic hydroxyl groups is 1. The molecule has 5 rings (SSSR count). The zero-order valence-corrected chi connectivity index (χ0v) is 18.5. The van der Waals surface area contributed by atoms with Gasteiger partial charge in [0, 0.05) is 54.3 Å². The smallest absolute Gasteiger partial charge is 0.254 e. The number of benzene rings is 2. The number of hydrogen-bond acceptors (Lipinski definition) is 3. The van der Waals surface area contributed by atoms with Crippen LogP contribution in [-0.4, -0.2) is 58.1 Å². The van der Waals surface area contributed by atoms with Gasteiger partial charge < -0.3 is 15.0 Å². The molecule has 1 fully saturated rings. The average Bonchev–Trinajstić information content (AvgIpc) is 3.16. The zero-order valence-electron chi connectivity index (χ0n) is 18.5. The molecule has 3 aromatic rings. The Morgan fingerprint density at radius 1 is 1.19 bits per heavy atom. The van der Waals surface area contributed by atoms with Gasteiger partial charge in [-0.1, -0.05) is 36.4 Å². The van der Waals surface area contributed by atoms with Crippen molar-refractivity contribution in [3.05, 3.63) is 70.9 Å². The second kappa shape index (κ2) is 7.81. The summed E-state index contributed by atoms with van der Waals surface area (Å²) in [6.45, 7) is 5.63. The average molecular weight is 418 g/mol. The van der Waals surface area contributed by atoms with Crippen molar-refractivity contribution >= 4 is 16.8 Å². The van der Waals surface area contributed by atoms with E-state index in [1.807, 2.05) is 50.1 Å². The van der Waals surface area contributed by atoms with Crippen LogP contribution in [0.5, 0.6) is 0 Å². The summed E-state index contributed by atoms with van der Waals surface area (Å²) in [5.41, 5.74) is 5.62. The van der Waals surface area contributed by atoms with E-state index in [0.29, 0.717) is 0 Å². The van der Waals surface area contributed by atoms with Gasteiger partial charge in [0.25, 0.3) is 5.91 Å². The van der Waals surface area contributed by atoms with Crippen molar-refractivity contribution in [2.24, 2.45) is 5.92 Å². The largest absolute Gasteiger partial charge is 0.393 e. The van der Waals surface area contributed by atoms with Crippen molar-refractivity contribution < 1.29 is 9.90 Å². The van der Waals surface area contributed by atoms with Crippen molar-refractivity contribution in [1.29, 1.82) is 0 Å². The van der Waals surface area contributed by atoms with E-state index in [1.165, 1.54) is 22.2 Å². The zero-order chi connectivity index (χ0) is 21.7. The van der Waals surface area contributed by atoms with E-state index in [9.17, 15) is 9.90 Å². The molecule has 2 N–H and O–H groups in total. The number of fused-ring (bicyclic) bond motifs is 5. The van der Waals surface area contributed by atoms with Crippen molar-refractivity contribution in [3.63, 3.8) is 0 Å². The fourth-order valence-corrected chi connectivity index (χ4v) is 5.72. The second-order valence-electron chi connectivity index (χ2n) is 9.26. The van der Waals surface area contributed by atoms with E-state index >= 15 is 0 Å². The summed E-state index contributed by atoms with van der Waals surface area (Å²) in [5.74, 6) is 0.0648. The lowest BCUT2D eigenvalue weighted by Gasteiger charge is -2.49. The Labute approximate surface area is 183 Å². The Kier molecular flexibility index (Phi) is 5.11. The van der Waals surface area contributed by atoms with Crippen molar-refractivity contribution in [1.82, 2.24) is 14.8 Å². The molecule has 2 aromatic carbocycles. The molecule has 5 nitrogen and oxygen atoms in total. The third-order valence-corrected chi connectivity index (χ3v) is 7.49. The monoisotopic (exact) mass is 417 g/mol. The number of aromatic amines is 1. The molecule has 1 aromatic heterocycles. The molecule has 0 aliphatic carbocycles. The van der Waals surface area contributed by atoms with Crippen LogP contribution < -0.4 is 0 Å². The molecule has 0 saturated carbocycles. The summed E-state index contributed by atoms with van der Waals surface area (Å²) in [4.78, 5) is 21.5. The highest BCUT2D eigenvalue weighted by molar-refractivity contribution is 5.95. The minimum Gasteiger partial charge on any atom is -0.393 e. The molecule has 2 aliphatic heterocycles. The topological polar surface area (TPSA) is 59.6 Å². The fraction of sp³-hybridized carbons (Fsp3) is 0.423. The third kappa shape index (κ3) is 3.36. The molecular formula is C26H31N3O2. The molecule has 0 unspecified atom stereocenters. The first-order valence-corrected chi connectivity index (χ1v) is 11.3. The number of carbonyl (C=O) groups is 1. The maximum absolute atomic E-state index is 13.4. The lowest BCUT2D eigenvalue weighted by atomic mass is 9.79. The molecule has 31 heavy (non-hydrogen) atoms. The first kappa shape index (κ1) is 20.3. The number of hydrogen-bond donors (Lipinski definition) is 2. The Hall–Kier alpha value is -2.63. The van der Waals surface area contributed by atoms with Crippen LogP contribution in [0.3, 0.4) is 0 Å². The minimum absolute atomic E-state index is 0.0225. The Morgan fingerprint density at radius 3 is 2.71 bits per heavy atom. The van der Waals surface area contributed by atoms with Crippen LogP contribution in [0.25, 0.3) is 10.9 Å². The van der Waals surface area contributed by atoms with E-state index in [2.05, 4.69) is 34.1 Å². The number of aromatic nitrogens is 1. The lowest BCUT2D eigenvalue weighted by molar-refractivity contribution is -0.0239. The number of nitrogens with one attached hydrogen (secondary N) is 1. The molecule has 1 amide bonds. The van der Waals surface area contributed by atoms with Crippen molar-refractivity contribution in [3.8, 4) is 0 Å². The molecular weight excluding hydrogens is 386 g/mol. The molecule has 162 valence electrons. The quantitative estimate of drug-likeness (QED) is 0.679. The van der Waals surface area contributed by atoms with Gasteiger partial charge in [0.15, 0.2) is 0 Å². The molecule has 5 heteroatoms. The number of carbonyl (C=O) groups excluding carboxylic acids is 1. The van der Waals surface area contributed by atoms with Crippen molar-refractivity contribution in [2.75, 3.05) is 20.1 Å².